The van der Waals surface area contributed by atoms with E-state index in [-0.39, 0.29) is 0 Å². The Kier molecular flexibility index (Phi) is 8.04. The zero-order valence-electron chi connectivity index (χ0n) is 31.1. The normalized spacial score (nSPS) is 11.5. The number of thiophene rings is 1. The largest absolute Gasteiger partial charge is 0.309 e. The quantitative estimate of drug-likeness (QED) is 0.158. The Labute approximate surface area is 335 Å². The van der Waals surface area contributed by atoms with Gasteiger partial charge in [0.1, 0.15) is 0 Å². The van der Waals surface area contributed by atoms with Crippen LogP contribution in [0.4, 0.5) is 17.1 Å². The monoisotopic (exact) mass is 744 g/mol. The molecule has 0 aliphatic heterocycles. The molecule has 0 saturated heterocycles. The molecule has 0 fully saturated rings. The van der Waals surface area contributed by atoms with Crippen LogP contribution in [0.2, 0.25) is 0 Å². The van der Waals surface area contributed by atoms with Gasteiger partial charge in [-0.1, -0.05) is 158 Å². The van der Waals surface area contributed by atoms with Crippen LogP contribution in [0, 0.1) is 0 Å². The van der Waals surface area contributed by atoms with Crippen molar-refractivity contribution in [2.75, 3.05) is 4.90 Å². The predicted octanol–water partition coefficient (Wildman–Crippen LogP) is 15.6. The number of anilines is 3. The molecule has 0 unspecified atom stereocenters. The van der Waals surface area contributed by atoms with Gasteiger partial charge in [-0.05, 0) is 88.5 Å². The number of fused-ring (bicyclic) bond motifs is 6. The van der Waals surface area contributed by atoms with E-state index < -0.39 is 0 Å². The molecule has 0 aliphatic carbocycles. The van der Waals surface area contributed by atoms with Gasteiger partial charge in [-0.15, -0.1) is 11.3 Å². The Morgan fingerprint density at radius 2 is 0.895 bits per heavy atom. The van der Waals surface area contributed by atoms with Crippen LogP contribution in [0.3, 0.4) is 0 Å². The molecule has 11 rings (SSSR count). The van der Waals surface area contributed by atoms with E-state index in [1.165, 1.54) is 81.0 Å². The second kappa shape index (κ2) is 13.8. The van der Waals surface area contributed by atoms with E-state index in [0.29, 0.717) is 0 Å². The molecule has 0 aliphatic rings. The lowest BCUT2D eigenvalue weighted by Crippen LogP contribution is -2.10. The molecule has 0 radical (unpaired) electrons. The van der Waals surface area contributed by atoms with Crippen molar-refractivity contribution in [3.05, 3.63) is 218 Å². The van der Waals surface area contributed by atoms with Crippen LogP contribution < -0.4 is 4.90 Å². The van der Waals surface area contributed by atoms with Crippen LogP contribution in [-0.2, 0) is 0 Å². The van der Waals surface area contributed by atoms with Gasteiger partial charge < -0.3 is 9.47 Å². The minimum atomic E-state index is 1.11. The molecular formula is C54H36N2S. The van der Waals surface area contributed by atoms with Crippen LogP contribution in [0.25, 0.3) is 81.0 Å². The molecule has 2 nitrogen and oxygen atoms in total. The van der Waals surface area contributed by atoms with Crippen molar-refractivity contribution in [2.24, 2.45) is 0 Å². The van der Waals surface area contributed by atoms with Crippen LogP contribution in [0.15, 0.2) is 218 Å². The summed E-state index contributed by atoms with van der Waals surface area (Å²) in [4.78, 5) is 2.42. The fourth-order valence-electron chi connectivity index (χ4n) is 8.51. The lowest BCUT2D eigenvalue weighted by atomic mass is 10.0. The van der Waals surface area contributed by atoms with E-state index in [1.807, 2.05) is 11.3 Å². The molecule has 9 aromatic carbocycles. The summed E-state index contributed by atoms with van der Waals surface area (Å²) in [5, 5.41) is 5.08. The predicted molar refractivity (Wildman–Crippen MR) is 245 cm³/mol. The van der Waals surface area contributed by atoms with Crippen LogP contribution in [0.1, 0.15) is 0 Å². The van der Waals surface area contributed by atoms with E-state index in [4.69, 9.17) is 0 Å². The van der Waals surface area contributed by atoms with Crippen LogP contribution in [0.5, 0.6) is 0 Å². The Bertz CT molecular complexity index is 3210. The number of hydrogen-bond acceptors (Lipinski definition) is 2. The first-order chi connectivity index (χ1) is 28.3. The molecule has 0 atom stereocenters. The van der Waals surface area contributed by atoms with Gasteiger partial charge in [-0.25, -0.2) is 0 Å². The fourth-order valence-corrected chi connectivity index (χ4v) is 9.72. The topological polar surface area (TPSA) is 8.17 Å². The number of para-hydroxylation sites is 2. The van der Waals surface area contributed by atoms with E-state index >= 15 is 0 Å². The fraction of sp³-hybridized carbons (Fsp3) is 0. The van der Waals surface area contributed by atoms with E-state index in [1.54, 1.807) is 0 Å². The number of benzene rings is 9. The number of rotatable bonds is 7. The van der Waals surface area contributed by atoms with Crippen molar-refractivity contribution in [1.29, 1.82) is 0 Å². The summed E-state index contributed by atoms with van der Waals surface area (Å²) in [5.41, 5.74) is 14.2. The third kappa shape index (κ3) is 5.71. The van der Waals surface area contributed by atoms with E-state index in [0.717, 1.165) is 17.1 Å². The average Bonchev–Trinajstić information content (AvgIpc) is 3.84. The highest BCUT2D eigenvalue weighted by atomic mass is 32.1. The molecule has 2 heterocycles. The highest BCUT2D eigenvalue weighted by molar-refractivity contribution is 7.26. The van der Waals surface area contributed by atoms with Crippen molar-refractivity contribution in [3.8, 4) is 39.1 Å². The molecular weight excluding hydrogens is 709 g/mol. The van der Waals surface area contributed by atoms with Crippen molar-refractivity contribution >= 4 is 70.4 Å². The maximum atomic E-state index is 2.44. The minimum Gasteiger partial charge on any atom is -0.309 e. The Balaban J connectivity index is 1.04. The van der Waals surface area contributed by atoms with Gasteiger partial charge in [-0.2, -0.15) is 0 Å². The second-order valence-electron chi connectivity index (χ2n) is 14.5. The minimum absolute atomic E-state index is 1.11. The van der Waals surface area contributed by atoms with Crippen LogP contribution in [-0.4, -0.2) is 4.57 Å². The number of hydrogen-bond donors (Lipinski definition) is 0. The summed E-state index contributed by atoms with van der Waals surface area (Å²) in [6, 6.07) is 79.3. The van der Waals surface area contributed by atoms with Gasteiger partial charge in [0, 0.05) is 43.2 Å². The first kappa shape index (κ1) is 33.2. The maximum Gasteiger partial charge on any atom is 0.0640 e. The van der Waals surface area contributed by atoms with E-state index in [9.17, 15) is 0 Å². The SMILES string of the molecule is c1ccc(-c2ccc(N(c3ccc(-c4ccccc4-n4c5ccccc5c5cc(-c6ccccc6)ccc54)cc3)c3cccc4c3sc3ccccc34)cc2)cc1. The second-order valence-corrected chi connectivity index (χ2v) is 15.6. The van der Waals surface area contributed by atoms with Gasteiger partial charge in [-0.3, -0.25) is 0 Å². The molecule has 0 N–H and O–H groups in total. The van der Waals surface area contributed by atoms with Gasteiger partial charge in [0.2, 0.25) is 0 Å². The molecule has 57 heavy (non-hydrogen) atoms. The number of nitrogens with zero attached hydrogens (tertiary/aromatic N) is 2. The highest BCUT2D eigenvalue weighted by Gasteiger charge is 2.20. The molecule has 11 aromatic rings. The van der Waals surface area contributed by atoms with Crippen molar-refractivity contribution < 1.29 is 0 Å². The van der Waals surface area contributed by atoms with Gasteiger partial charge in [0.15, 0.2) is 0 Å². The first-order valence-corrected chi connectivity index (χ1v) is 20.2. The van der Waals surface area contributed by atoms with Gasteiger partial charge in [0.25, 0.3) is 0 Å². The summed E-state index contributed by atoms with van der Waals surface area (Å²) in [5.74, 6) is 0. The lowest BCUT2D eigenvalue weighted by Gasteiger charge is -2.26. The smallest absolute Gasteiger partial charge is 0.0640 e. The lowest BCUT2D eigenvalue weighted by molar-refractivity contribution is 1.18. The molecule has 0 bridgehead atoms. The average molecular weight is 745 g/mol. The first-order valence-electron chi connectivity index (χ1n) is 19.4. The third-order valence-electron chi connectivity index (χ3n) is 11.2. The molecule has 0 saturated carbocycles. The number of aromatic nitrogens is 1. The van der Waals surface area contributed by atoms with Crippen molar-refractivity contribution in [2.45, 2.75) is 0 Å². The summed E-state index contributed by atoms with van der Waals surface area (Å²) < 4.78 is 5.01. The standard InChI is InChI=1S/C54H36N2S/c1-3-14-37(15-4-1)39-26-31-42(32-27-39)55(52-24-13-21-47-46-20-9-12-25-53(46)57-54(47)52)43-33-28-40(29-34-43)44-18-7-10-22-49(44)56-50-23-11-8-19-45(50)48-36-41(30-35-51(48)56)38-16-5-2-6-17-38/h1-36H. The summed E-state index contributed by atoms with van der Waals surface area (Å²) >= 11 is 1.86. The van der Waals surface area contributed by atoms with Crippen molar-refractivity contribution in [3.63, 3.8) is 0 Å². The molecule has 0 spiro atoms. The van der Waals surface area contributed by atoms with Crippen molar-refractivity contribution in [1.82, 2.24) is 4.57 Å². The summed E-state index contributed by atoms with van der Waals surface area (Å²) in [6.07, 6.45) is 0. The highest BCUT2D eigenvalue weighted by Crippen LogP contribution is 2.46. The van der Waals surface area contributed by atoms with Gasteiger partial charge in [0.05, 0.1) is 27.1 Å². The Hall–Kier alpha value is -7.20. The Morgan fingerprint density at radius 3 is 1.65 bits per heavy atom. The molecule has 0 amide bonds. The zero-order valence-corrected chi connectivity index (χ0v) is 31.9. The third-order valence-corrected chi connectivity index (χ3v) is 12.4. The summed E-state index contributed by atoms with van der Waals surface area (Å²) in [7, 11) is 0. The maximum absolute atomic E-state index is 2.44. The van der Waals surface area contributed by atoms with Crippen LogP contribution >= 0.6 is 11.3 Å². The molecule has 3 heteroatoms. The Morgan fingerprint density at radius 1 is 0.351 bits per heavy atom. The zero-order chi connectivity index (χ0) is 37.7. The van der Waals surface area contributed by atoms with Gasteiger partial charge >= 0.3 is 0 Å². The molecule has 268 valence electrons. The van der Waals surface area contributed by atoms with E-state index in [2.05, 4.69) is 228 Å². The molecule has 2 aromatic heterocycles. The summed E-state index contributed by atoms with van der Waals surface area (Å²) in [6.45, 7) is 0.